The fourth-order valence-electron chi connectivity index (χ4n) is 2.74. The molecule has 0 unspecified atom stereocenters. The van der Waals surface area contributed by atoms with Gasteiger partial charge in [0.15, 0.2) is 0 Å². The largest absolute Gasteiger partial charge is 0.507 e. The number of benzene rings is 3. The number of rotatable bonds is 3. The molecule has 2 heteroatoms. The van der Waals surface area contributed by atoms with Gasteiger partial charge in [-0.15, -0.1) is 0 Å². The number of aromatic hydroxyl groups is 1. The van der Waals surface area contributed by atoms with Crippen molar-refractivity contribution in [2.75, 3.05) is 11.9 Å². The number of aryl methyl sites for hydroxylation is 1. The summed E-state index contributed by atoms with van der Waals surface area (Å²) in [6, 6.07) is 20.5. The molecule has 3 aromatic carbocycles. The van der Waals surface area contributed by atoms with Crippen molar-refractivity contribution in [1.29, 1.82) is 0 Å². The molecule has 0 aliphatic rings. The predicted octanol–water partition coefficient (Wildman–Crippen LogP) is 4.49. The normalized spacial score (nSPS) is 10.8. The second-order valence-electron chi connectivity index (χ2n) is 5.43. The molecule has 0 fully saturated rings. The van der Waals surface area contributed by atoms with E-state index in [0.717, 1.165) is 22.2 Å². The van der Waals surface area contributed by atoms with Gasteiger partial charge >= 0.3 is 0 Å². The van der Waals surface area contributed by atoms with E-state index < -0.39 is 0 Å². The van der Waals surface area contributed by atoms with Crippen LogP contribution < -0.4 is 4.90 Å². The Hall–Kier alpha value is -2.48. The van der Waals surface area contributed by atoms with Crippen LogP contribution >= 0.6 is 0 Å². The molecule has 0 radical (unpaired) electrons. The molecule has 2 nitrogen and oxygen atoms in total. The van der Waals surface area contributed by atoms with Gasteiger partial charge < -0.3 is 10.0 Å². The zero-order valence-corrected chi connectivity index (χ0v) is 12.4. The highest BCUT2D eigenvalue weighted by Gasteiger charge is 2.12. The Kier molecular flexibility index (Phi) is 3.53. The summed E-state index contributed by atoms with van der Waals surface area (Å²) in [5, 5.41) is 12.7. The average Bonchev–Trinajstić information content (AvgIpc) is 2.52. The SMILES string of the molecule is Cc1cc2ccccc2c(CN(C)c2ccccc2)c1O. The number of fused-ring (bicyclic) bond motifs is 1. The summed E-state index contributed by atoms with van der Waals surface area (Å²) in [4.78, 5) is 2.15. The van der Waals surface area contributed by atoms with Crippen molar-refractivity contribution in [3.05, 3.63) is 71.8 Å². The van der Waals surface area contributed by atoms with E-state index in [9.17, 15) is 5.11 Å². The topological polar surface area (TPSA) is 23.5 Å². The maximum atomic E-state index is 10.5. The van der Waals surface area contributed by atoms with Gasteiger partial charge in [0.25, 0.3) is 0 Å². The molecule has 0 amide bonds. The standard InChI is InChI=1S/C19H19NO/c1-14-12-15-8-6-7-11-17(15)18(19(14)21)13-20(2)16-9-4-3-5-10-16/h3-12,21H,13H2,1-2H3. The van der Waals surface area contributed by atoms with E-state index in [1.54, 1.807) is 0 Å². The lowest BCUT2D eigenvalue weighted by atomic mass is 9.99. The monoisotopic (exact) mass is 277 g/mol. The zero-order chi connectivity index (χ0) is 14.8. The summed E-state index contributed by atoms with van der Waals surface area (Å²) in [6.45, 7) is 2.63. The quantitative estimate of drug-likeness (QED) is 0.762. The van der Waals surface area contributed by atoms with Crippen LogP contribution in [0.5, 0.6) is 5.75 Å². The minimum atomic E-state index is 0.400. The third kappa shape index (κ3) is 2.57. The van der Waals surface area contributed by atoms with E-state index in [4.69, 9.17) is 0 Å². The van der Waals surface area contributed by atoms with Gasteiger partial charge in [-0.25, -0.2) is 0 Å². The molecular weight excluding hydrogens is 258 g/mol. The molecule has 0 bridgehead atoms. The summed E-state index contributed by atoms with van der Waals surface area (Å²) in [6.07, 6.45) is 0. The van der Waals surface area contributed by atoms with Crippen LogP contribution in [0, 0.1) is 6.92 Å². The highest BCUT2D eigenvalue weighted by atomic mass is 16.3. The van der Waals surface area contributed by atoms with Gasteiger partial charge in [0.05, 0.1) is 0 Å². The molecule has 0 heterocycles. The van der Waals surface area contributed by atoms with Crippen LogP contribution in [-0.4, -0.2) is 12.2 Å². The highest BCUT2D eigenvalue weighted by Crippen LogP contribution is 2.32. The number of hydrogen-bond donors (Lipinski definition) is 1. The second-order valence-corrected chi connectivity index (χ2v) is 5.43. The molecule has 0 aliphatic carbocycles. The van der Waals surface area contributed by atoms with Gasteiger partial charge in [-0.2, -0.15) is 0 Å². The van der Waals surface area contributed by atoms with Crippen molar-refractivity contribution in [3.63, 3.8) is 0 Å². The Labute approximate surface area is 125 Å². The van der Waals surface area contributed by atoms with Crippen LogP contribution in [0.2, 0.25) is 0 Å². The predicted molar refractivity (Wildman–Crippen MR) is 88.9 cm³/mol. The van der Waals surface area contributed by atoms with Crippen molar-refractivity contribution < 1.29 is 5.11 Å². The summed E-state index contributed by atoms with van der Waals surface area (Å²) in [5.41, 5.74) is 3.05. The molecule has 1 N–H and O–H groups in total. The molecule has 0 aromatic heterocycles. The van der Waals surface area contributed by atoms with Crippen LogP contribution in [0.4, 0.5) is 5.69 Å². The summed E-state index contributed by atoms with van der Waals surface area (Å²) < 4.78 is 0. The van der Waals surface area contributed by atoms with Gasteiger partial charge in [0.1, 0.15) is 5.75 Å². The lowest BCUT2D eigenvalue weighted by Gasteiger charge is -2.22. The Morgan fingerprint density at radius 2 is 1.62 bits per heavy atom. The Balaban J connectivity index is 2.06. The molecule has 0 saturated carbocycles. The molecule has 0 saturated heterocycles. The average molecular weight is 277 g/mol. The Morgan fingerprint density at radius 1 is 0.952 bits per heavy atom. The fourth-order valence-corrected chi connectivity index (χ4v) is 2.74. The first-order chi connectivity index (χ1) is 10.2. The van der Waals surface area contributed by atoms with Crippen LogP contribution in [0.25, 0.3) is 10.8 Å². The number of phenols is 1. The summed E-state index contributed by atoms with van der Waals surface area (Å²) in [7, 11) is 2.05. The van der Waals surface area contributed by atoms with Crippen LogP contribution in [0.15, 0.2) is 60.7 Å². The van der Waals surface area contributed by atoms with E-state index in [-0.39, 0.29) is 0 Å². The molecule has 106 valence electrons. The van der Waals surface area contributed by atoms with E-state index in [1.807, 2.05) is 50.4 Å². The second kappa shape index (κ2) is 5.49. The summed E-state index contributed by atoms with van der Waals surface area (Å²) >= 11 is 0. The van der Waals surface area contributed by atoms with Crippen molar-refractivity contribution in [2.24, 2.45) is 0 Å². The number of phenolic OH excluding ortho intramolecular Hbond substituents is 1. The Bertz CT molecular complexity index is 765. The first kappa shape index (κ1) is 13.5. The molecule has 3 rings (SSSR count). The molecule has 3 aromatic rings. The van der Waals surface area contributed by atoms with E-state index in [0.29, 0.717) is 12.3 Å². The smallest absolute Gasteiger partial charge is 0.124 e. The molecule has 0 spiro atoms. The third-order valence-electron chi connectivity index (χ3n) is 3.91. The minimum Gasteiger partial charge on any atom is -0.507 e. The first-order valence-electron chi connectivity index (χ1n) is 7.13. The highest BCUT2D eigenvalue weighted by molar-refractivity contribution is 5.89. The third-order valence-corrected chi connectivity index (χ3v) is 3.91. The van der Waals surface area contributed by atoms with Gasteiger partial charge in [-0.05, 0) is 41.5 Å². The van der Waals surface area contributed by atoms with Crippen molar-refractivity contribution >= 4 is 16.5 Å². The van der Waals surface area contributed by atoms with Gasteiger partial charge in [-0.3, -0.25) is 0 Å². The van der Waals surface area contributed by atoms with Gasteiger partial charge in [0.2, 0.25) is 0 Å². The molecule has 0 atom stereocenters. The van der Waals surface area contributed by atoms with Gasteiger partial charge in [-0.1, -0.05) is 42.5 Å². The molecule has 21 heavy (non-hydrogen) atoms. The summed E-state index contributed by atoms with van der Waals surface area (Å²) in [5.74, 6) is 0.400. The Morgan fingerprint density at radius 3 is 2.38 bits per heavy atom. The number of nitrogens with zero attached hydrogens (tertiary/aromatic N) is 1. The molecular formula is C19H19NO. The van der Waals surface area contributed by atoms with E-state index >= 15 is 0 Å². The van der Waals surface area contributed by atoms with Crippen LogP contribution in [0.3, 0.4) is 0 Å². The lowest BCUT2D eigenvalue weighted by molar-refractivity contribution is 0.465. The van der Waals surface area contributed by atoms with Gasteiger partial charge in [0, 0.05) is 24.8 Å². The molecule has 0 aliphatic heterocycles. The van der Waals surface area contributed by atoms with Crippen LogP contribution in [-0.2, 0) is 6.54 Å². The first-order valence-corrected chi connectivity index (χ1v) is 7.13. The van der Waals surface area contributed by atoms with E-state index in [1.165, 1.54) is 5.39 Å². The fraction of sp³-hybridized carbons (Fsp3) is 0.158. The lowest BCUT2D eigenvalue weighted by Crippen LogP contribution is -2.16. The maximum absolute atomic E-state index is 10.5. The number of anilines is 1. The number of hydrogen-bond acceptors (Lipinski definition) is 2. The number of para-hydroxylation sites is 1. The maximum Gasteiger partial charge on any atom is 0.124 e. The van der Waals surface area contributed by atoms with Crippen molar-refractivity contribution in [1.82, 2.24) is 0 Å². The zero-order valence-electron chi connectivity index (χ0n) is 12.4. The van der Waals surface area contributed by atoms with Crippen molar-refractivity contribution in [2.45, 2.75) is 13.5 Å². The van der Waals surface area contributed by atoms with E-state index in [2.05, 4.69) is 29.2 Å². The van der Waals surface area contributed by atoms with Crippen LogP contribution in [0.1, 0.15) is 11.1 Å². The minimum absolute atomic E-state index is 0.400. The van der Waals surface area contributed by atoms with Crippen molar-refractivity contribution in [3.8, 4) is 5.75 Å².